The summed E-state index contributed by atoms with van der Waals surface area (Å²) in [5, 5.41) is 0. The van der Waals surface area contributed by atoms with E-state index in [1.165, 1.54) is 6.42 Å². The minimum Gasteiger partial charge on any atom is -0.103 e. The molecule has 0 aromatic rings. The van der Waals surface area contributed by atoms with E-state index in [0.29, 0.717) is 17.8 Å². The number of hydrogen-bond acceptors (Lipinski definition) is 0. The van der Waals surface area contributed by atoms with E-state index in [1.54, 1.807) is 0 Å². The molecule has 0 aromatic carbocycles. The molecule has 0 N–H and O–H groups in total. The van der Waals surface area contributed by atoms with Gasteiger partial charge < -0.3 is 0 Å². The molecule has 0 heterocycles. The van der Waals surface area contributed by atoms with Crippen molar-refractivity contribution in [2.24, 2.45) is 17.8 Å². The Morgan fingerprint density at radius 1 is 0.850 bits per heavy atom. The maximum atomic E-state index is 3.98. The van der Waals surface area contributed by atoms with Crippen molar-refractivity contribution in [1.82, 2.24) is 0 Å². The van der Waals surface area contributed by atoms with Crippen LogP contribution in [0.3, 0.4) is 0 Å². The van der Waals surface area contributed by atoms with Crippen molar-refractivity contribution in [3.05, 3.63) is 62.3 Å². The Balaban J connectivity index is 4.04. The third kappa shape index (κ3) is 9.61. The molecule has 0 saturated carbocycles. The zero-order valence-electron chi connectivity index (χ0n) is 13.4. The largest absolute Gasteiger partial charge is 0.103 e. The second kappa shape index (κ2) is 12.7. The summed E-state index contributed by atoms with van der Waals surface area (Å²) < 4.78 is 0. The van der Waals surface area contributed by atoms with Gasteiger partial charge in [0.05, 0.1) is 0 Å². The molecule has 0 nitrogen and oxygen atoms in total. The van der Waals surface area contributed by atoms with Gasteiger partial charge in [0.2, 0.25) is 0 Å². The van der Waals surface area contributed by atoms with E-state index in [1.807, 2.05) is 6.08 Å². The molecule has 0 aromatic heterocycles. The molecule has 0 fully saturated rings. The second-order valence-electron chi connectivity index (χ2n) is 5.53. The van der Waals surface area contributed by atoms with Gasteiger partial charge >= 0.3 is 0 Å². The van der Waals surface area contributed by atoms with Crippen LogP contribution < -0.4 is 0 Å². The number of rotatable bonds is 12. The van der Waals surface area contributed by atoms with Crippen molar-refractivity contribution in [3.63, 3.8) is 0 Å². The predicted octanol–water partition coefficient (Wildman–Crippen LogP) is 6.50. The average molecular weight is 272 g/mol. The Labute approximate surface area is 126 Å². The van der Waals surface area contributed by atoms with E-state index in [-0.39, 0.29) is 0 Å². The summed E-state index contributed by atoms with van der Waals surface area (Å²) in [6, 6.07) is 0. The van der Waals surface area contributed by atoms with Crippen LogP contribution in [0.25, 0.3) is 0 Å². The molecule has 0 aliphatic carbocycles. The normalized spacial score (nSPS) is 16.1. The molecule has 0 heteroatoms. The van der Waals surface area contributed by atoms with Gasteiger partial charge in [0.25, 0.3) is 0 Å². The van der Waals surface area contributed by atoms with Crippen molar-refractivity contribution >= 4 is 0 Å². The summed E-state index contributed by atoms with van der Waals surface area (Å²) in [7, 11) is 0. The molecule has 0 spiro atoms. The lowest BCUT2D eigenvalue weighted by molar-refractivity contribution is 0.464. The Morgan fingerprint density at radius 2 is 1.55 bits per heavy atom. The van der Waals surface area contributed by atoms with Crippen LogP contribution in [0.4, 0.5) is 0 Å². The van der Waals surface area contributed by atoms with E-state index < -0.39 is 0 Å². The molecular weight excluding hydrogens is 240 g/mol. The Morgan fingerprint density at radius 3 is 2.10 bits per heavy atom. The van der Waals surface area contributed by atoms with E-state index >= 15 is 0 Å². The van der Waals surface area contributed by atoms with Gasteiger partial charge in [-0.2, -0.15) is 0 Å². The highest BCUT2D eigenvalue weighted by molar-refractivity contribution is 4.94. The first-order chi connectivity index (χ1) is 9.67. The molecule has 0 aliphatic rings. The van der Waals surface area contributed by atoms with Gasteiger partial charge in [0, 0.05) is 0 Å². The van der Waals surface area contributed by atoms with Crippen LogP contribution in [0.2, 0.25) is 0 Å². The fourth-order valence-corrected chi connectivity index (χ4v) is 2.16. The molecule has 20 heavy (non-hydrogen) atoms. The van der Waals surface area contributed by atoms with E-state index in [0.717, 1.165) is 25.7 Å². The van der Waals surface area contributed by atoms with Crippen LogP contribution in [-0.4, -0.2) is 0 Å². The van der Waals surface area contributed by atoms with E-state index in [2.05, 4.69) is 70.0 Å². The fraction of sp³-hybridized carbons (Fsp3) is 0.500. The molecular formula is C20H32. The van der Waals surface area contributed by atoms with Crippen molar-refractivity contribution < 1.29 is 0 Å². The fourth-order valence-electron chi connectivity index (χ4n) is 2.16. The lowest BCUT2D eigenvalue weighted by Gasteiger charge is -2.16. The minimum atomic E-state index is 0.568. The highest BCUT2D eigenvalue weighted by atomic mass is 14.1. The maximum absolute atomic E-state index is 3.98. The van der Waals surface area contributed by atoms with Gasteiger partial charge in [0.1, 0.15) is 0 Å². The first-order valence-corrected chi connectivity index (χ1v) is 7.81. The SMILES string of the molecule is C=CC(C)CC=CCC[C@@H](C=C)C[C@H](C=C)CC=CC. The summed E-state index contributed by atoms with van der Waals surface area (Å²) in [6.07, 6.45) is 20.8. The lowest BCUT2D eigenvalue weighted by Crippen LogP contribution is -2.04. The van der Waals surface area contributed by atoms with Crippen LogP contribution in [0.1, 0.15) is 46.0 Å². The smallest absolute Gasteiger partial charge is 0.0196 e. The monoisotopic (exact) mass is 272 g/mol. The van der Waals surface area contributed by atoms with Crippen LogP contribution in [-0.2, 0) is 0 Å². The van der Waals surface area contributed by atoms with Crippen molar-refractivity contribution in [2.45, 2.75) is 46.0 Å². The quantitative estimate of drug-likeness (QED) is 0.356. The van der Waals surface area contributed by atoms with Crippen LogP contribution in [0, 0.1) is 17.8 Å². The summed E-state index contributed by atoms with van der Waals surface area (Å²) in [6.45, 7) is 16.0. The van der Waals surface area contributed by atoms with Gasteiger partial charge in [0.15, 0.2) is 0 Å². The predicted molar refractivity (Wildman–Crippen MR) is 93.8 cm³/mol. The van der Waals surface area contributed by atoms with Crippen LogP contribution >= 0.6 is 0 Å². The maximum Gasteiger partial charge on any atom is -0.0196 e. The molecule has 0 bridgehead atoms. The Kier molecular flexibility index (Phi) is 11.9. The van der Waals surface area contributed by atoms with Gasteiger partial charge in [-0.15, -0.1) is 19.7 Å². The van der Waals surface area contributed by atoms with Crippen LogP contribution in [0.5, 0.6) is 0 Å². The molecule has 0 aliphatic heterocycles. The molecule has 0 radical (unpaired) electrons. The molecule has 0 saturated heterocycles. The standard InChI is InChI=1S/C20H32/c1-6-10-15-19(8-3)17-20(9-4)16-13-11-12-14-18(5)7-2/h6-12,18-20H,2-4,13-17H2,1,5H3/t18?,19-,20-/m1/s1. The summed E-state index contributed by atoms with van der Waals surface area (Å²) in [4.78, 5) is 0. The second-order valence-corrected chi connectivity index (χ2v) is 5.53. The van der Waals surface area contributed by atoms with Gasteiger partial charge in [-0.3, -0.25) is 0 Å². The summed E-state index contributed by atoms with van der Waals surface area (Å²) in [5.74, 6) is 1.73. The highest BCUT2D eigenvalue weighted by Gasteiger charge is 2.09. The molecule has 112 valence electrons. The third-order valence-corrected chi connectivity index (χ3v) is 3.73. The zero-order chi connectivity index (χ0) is 15.2. The van der Waals surface area contributed by atoms with Crippen molar-refractivity contribution in [1.29, 1.82) is 0 Å². The highest BCUT2D eigenvalue weighted by Crippen LogP contribution is 2.22. The van der Waals surface area contributed by atoms with E-state index in [9.17, 15) is 0 Å². The van der Waals surface area contributed by atoms with Gasteiger partial charge in [-0.05, 0) is 56.8 Å². The van der Waals surface area contributed by atoms with Crippen molar-refractivity contribution in [3.8, 4) is 0 Å². The molecule has 3 atom stereocenters. The molecule has 1 unspecified atom stereocenters. The Hall–Kier alpha value is -1.30. The lowest BCUT2D eigenvalue weighted by atomic mass is 9.89. The van der Waals surface area contributed by atoms with E-state index in [4.69, 9.17) is 0 Å². The van der Waals surface area contributed by atoms with Crippen LogP contribution in [0.15, 0.2) is 62.3 Å². The number of hydrogen-bond donors (Lipinski definition) is 0. The topological polar surface area (TPSA) is 0 Å². The molecule has 0 amide bonds. The Bertz CT molecular complexity index is 319. The van der Waals surface area contributed by atoms with Crippen molar-refractivity contribution in [2.75, 3.05) is 0 Å². The minimum absolute atomic E-state index is 0.568. The zero-order valence-corrected chi connectivity index (χ0v) is 13.4. The summed E-state index contributed by atoms with van der Waals surface area (Å²) >= 11 is 0. The average Bonchev–Trinajstić information content (AvgIpc) is 2.48. The first kappa shape index (κ1) is 18.7. The third-order valence-electron chi connectivity index (χ3n) is 3.73. The molecule has 0 rings (SSSR count). The van der Waals surface area contributed by atoms with Gasteiger partial charge in [-0.25, -0.2) is 0 Å². The number of allylic oxidation sites excluding steroid dienone is 7. The summed E-state index contributed by atoms with van der Waals surface area (Å²) in [5.41, 5.74) is 0. The van der Waals surface area contributed by atoms with Gasteiger partial charge in [-0.1, -0.05) is 49.5 Å². The first-order valence-electron chi connectivity index (χ1n) is 7.81.